The summed E-state index contributed by atoms with van der Waals surface area (Å²) in [6.07, 6.45) is -5.38. The van der Waals surface area contributed by atoms with E-state index in [0.29, 0.717) is 22.5 Å². The lowest BCUT2D eigenvalue weighted by molar-refractivity contribution is -0.274. The molecule has 42 heavy (non-hydrogen) atoms. The minimum atomic E-state index is -4.87. The number of carbonyl (C=O) groups is 2. The quantitative estimate of drug-likeness (QED) is 0.255. The van der Waals surface area contributed by atoms with E-state index in [1.165, 1.54) is 65.2 Å². The second-order valence-electron chi connectivity index (χ2n) is 9.96. The zero-order valence-corrected chi connectivity index (χ0v) is 23.0. The van der Waals surface area contributed by atoms with Gasteiger partial charge in [-0.15, -0.1) is 13.2 Å². The minimum Gasteiger partial charge on any atom is -0.481 e. The molecule has 0 bridgehead atoms. The number of rotatable bonds is 12. The molecule has 1 aromatic heterocycles. The molecular weight excluding hydrogens is 562 g/mol. The molecule has 0 saturated carbocycles. The van der Waals surface area contributed by atoms with Crippen molar-refractivity contribution in [2.45, 2.75) is 57.7 Å². The molecule has 0 spiro atoms. The molecular formula is C29H31F4N3O6. The SMILES string of the molecule is CC(C)c1c(C(=O)N(C)Cc2cccc(OC(F)(F)F)c2)nn(-c2ccc(F)cc2)c1/C=C/[C@@H](O)C[C@@H](O)CC(=O)O. The van der Waals surface area contributed by atoms with Gasteiger partial charge in [0, 0.05) is 25.6 Å². The topological polar surface area (TPSA) is 125 Å². The molecule has 2 aromatic carbocycles. The Labute approximate surface area is 239 Å². The lowest BCUT2D eigenvalue weighted by Gasteiger charge is -2.18. The summed E-state index contributed by atoms with van der Waals surface area (Å²) in [6, 6.07) is 10.5. The second kappa shape index (κ2) is 13.6. The fraction of sp³-hybridized carbons (Fsp3) is 0.345. The first-order valence-electron chi connectivity index (χ1n) is 12.9. The average molecular weight is 594 g/mol. The normalized spacial score (nSPS) is 13.4. The largest absolute Gasteiger partial charge is 0.573 e. The Hall–Kier alpha value is -4.23. The van der Waals surface area contributed by atoms with Crippen molar-refractivity contribution >= 4 is 18.0 Å². The molecule has 1 amide bonds. The number of carbonyl (C=O) groups excluding carboxylic acids is 1. The van der Waals surface area contributed by atoms with Gasteiger partial charge in [-0.3, -0.25) is 9.59 Å². The molecule has 2 atom stereocenters. The van der Waals surface area contributed by atoms with E-state index in [2.05, 4.69) is 9.84 Å². The van der Waals surface area contributed by atoms with Crippen LogP contribution in [0.2, 0.25) is 0 Å². The van der Waals surface area contributed by atoms with Crippen LogP contribution in [0.15, 0.2) is 54.6 Å². The first-order valence-corrected chi connectivity index (χ1v) is 12.9. The molecule has 9 nitrogen and oxygen atoms in total. The van der Waals surface area contributed by atoms with Crippen LogP contribution in [-0.4, -0.2) is 67.5 Å². The van der Waals surface area contributed by atoms with E-state index >= 15 is 0 Å². The first-order chi connectivity index (χ1) is 19.6. The highest BCUT2D eigenvalue weighted by Gasteiger charge is 2.31. The Balaban J connectivity index is 1.99. The fourth-order valence-electron chi connectivity index (χ4n) is 4.32. The van der Waals surface area contributed by atoms with Crippen LogP contribution in [0.5, 0.6) is 5.75 Å². The number of ether oxygens (including phenoxy) is 1. The van der Waals surface area contributed by atoms with Gasteiger partial charge in [0.15, 0.2) is 5.69 Å². The summed E-state index contributed by atoms with van der Waals surface area (Å²) in [5.74, 6) is -2.98. The molecule has 0 radical (unpaired) electrons. The summed E-state index contributed by atoms with van der Waals surface area (Å²) in [6.45, 7) is 3.55. The Bertz CT molecular complexity index is 1420. The van der Waals surface area contributed by atoms with Crippen LogP contribution in [0.25, 0.3) is 11.8 Å². The molecule has 0 fully saturated rings. The Kier molecular flexibility index (Phi) is 10.5. The van der Waals surface area contributed by atoms with Gasteiger partial charge in [0.1, 0.15) is 11.6 Å². The molecule has 1 heterocycles. The van der Waals surface area contributed by atoms with Gasteiger partial charge in [0.05, 0.1) is 30.0 Å². The van der Waals surface area contributed by atoms with Crippen molar-refractivity contribution in [2.75, 3.05) is 7.05 Å². The summed E-state index contributed by atoms with van der Waals surface area (Å²) in [4.78, 5) is 25.8. The van der Waals surface area contributed by atoms with Gasteiger partial charge in [-0.25, -0.2) is 9.07 Å². The van der Waals surface area contributed by atoms with Crippen LogP contribution in [0.1, 0.15) is 59.9 Å². The van der Waals surface area contributed by atoms with Crippen LogP contribution < -0.4 is 4.74 Å². The number of hydrogen-bond donors (Lipinski definition) is 3. The molecule has 3 aromatic rings. The van der Waals surface area contributed by atoms with Crippen molar-refractivity contribution in [3.8, 4) is 11.4 Å². The van der Waals surface area contributed by atoms with Gasteiger partial charge in [-0.1, -0.05) is 32.1 Å². The van der Waals surface area contributed by atoms with Gasteiger partial charge in [-0.2, -0.15) is 5.10 Å². The summed E-state index contributed by atoms with van der Waals surface area (Å²) < 4.78 is 57.0. The van der Waals surface area contributed by atoms with Gasteiger partial charge < -0.3 is 25.0 Å². The molecule has 0 aliphatic heterocycles. The number of aliphatic carboxylic acids is 1. The molecule has 3 rings (SSSR count). The predicted octanol–water partition coefficient (Wildman–Crippen LogP) is 4.91. The van der Waals surface area contributed by atoms with Crippen LogP contribution in [0.3, 0.4) is 0 Å². The van der Waals surface area contributed by atoms with Gasteiger partial charge >= 0.3 is 12.3 Å². The average Bonchev–Trinajstić information content (AvgIpc) is 3.25. The van der Waals surface area contributed by atoms with Gasteiger partial charge in [-0.05, 0) is 54.0 Å². The minimum absolute atomic E-state index is 0.0274. The summed E-state index contributed by atoms with van der Waals surface area (Å²) in [5, 5.41) is 33.6. The van der Waals surface area contributed by atoms with Gasteiger partial charge in [0.25, 0.3) is 5.91 Å². The summed E-state index contributed by atoms with van der Waals surface area (Å²) >= 11 is 0. The molecule has 0 unspecified atom stereocenters. The predicted molar refractivity (Wildman–Crippen MR) is 144 cm³/mol. The maximum absolute atomic E-state index is 13.7. The number of aromatic nitrogens is 2. The second-order valence-corrected chi connectivity index (χ2v) is 9.96. The zero-order valence-electron chi connectivity index (χ0n) is 23.0. The van der Waals surface area contributed by atoms with E-state index in [1.807, 2.05) is 13.8 Å². The summed E-state index contributed by atoms with van der Waals surface area (Å²) in [5.41, 5.74) is 1.65. The lowest BCUT2D eigenvalue weighted by atomic mass is 9.98. The number of alkyl halides is 3. The Morgan fingerprint density at radius 1 is 1.12 bits per heavy atom. The highest BCUT2D eigenvalue weighted by Crippen LogP contribution is 2.30. The maximum atomic E-state index is 13.7. The van der Waals surface area contributed by atoms with Crippen molar-refractivity contribution < 1.29 is 47.2 Å². The van der Waals surface area contributed by atoms with Crippen LogP contribution in [0, 0.1) is 5.82 Å². The number of carboxylic acids is 1. The molecule has 0 aliphatic rings. The smallest absolute Gasteiger partial charge is 0.481 e. The van der Waals surface area contributed by atoms with E-state index in [1.54, 1.807) is 6.07 Å². The van der Waals surface area contributed by atoms with E-state index in [-0.39, 0.29) is 24.6 Å². The van der Waals surface area contributed by atoms with Crippen molar-refractivity contribution in [2.24, 2.45) is 0 Å². The number of aliphatic hydroxyl groups excluding tert-OH is 2. The van der Waals surface area contributed by atoms with Crippen LogP contribution in [-0.2, 0) is 11.3 Å². The molecule has 3 N–H and O–H groups in total. The highest BCUT2D eigenvalue weighted by molar-refractivity contribution is 5.95. The van der Waals surface area contributed by atoms with Crippen molar-refractivity contribution in [3.63, 3.8) is 0 Å². The van der Waals surface area contributed by atoms with Gasteiger partial charge in [0.2, 0.25) is 0 Å². The highest BCUT2D eigenvalue weighted by atomic mass is 19.4. The van der Waals surface area contributed by atoms with E-state index < -0.39 is 48.4 Å². The number of aliphatic hydroxyl groups is 2. The lowest BCUT2D eigenvalue weighted by Crippen LogP contribution is -2.27. The zero-order chi connectivity index (χ0) is 31.2. The van der Waals surface area contributed by atoms with Crippen molar-refractivity contribution in [1.82, 2.24) is 14.7 Å². The molecule has 0 aliphatic carbocycles. The molecule has 226 valence electrons. The standard InChI is InChI=1S/C29H31F4N3O6/c1-17(2)26-24(12-11-21(37)14-22(38)15-25(39)40)36(20-9-7-19(30)8-10-20)34-27(26)28(41)35(3)16-18-5-4-6-23(13-18)42-29(31,32)33/h4-13,17,21-22,37-38H,14-16H2,1-3H3,(H,39,40)/b12-11+/t21-,22-/m1/s1. The van der Waals surface area contributed by atoms with Crippen LogP contribution >= 0.6 is 0 Å². The number of amides is 1. The molecule has 13 heteroatoms. The third-order valence-corrected chi connectivity index (χ3v) is 6.11. The number of benzene rings is 2. The summed E-state index contributed by atoms with van der Waals surface area (Å²) in [7, 11) is 1.46. The number of nitrogens with zero attached hydrogens (tertiary/aromatic N) is 3. The maximum Gasteiger partial charge on any atom is 0.573 e. The first kappa shape index (κ1) is 32.3. The number of carboxylic acid groups (broad SMARTS) is 1. The van der Waals surface area contributed by atoms with Crippen molar-refractivity contribution in [3.05, 3.63) is 82.9 Å². The third-order valence-electron chi connectivity index (χ3n) is 6.11. The monoisotopic (exact) mass is 593 g/mol. The van der Waals surface area contributed by atoms with E-state index in [4.69, 9.17) is 5.11 Å². The Morgan fingerprint density at radius 3 is 2.38 bits per heavy atom. The number of hydrogen-bond acceptors (Lipinski definition) is 6. The fourth-order valence-corrected chi connectivity index (χ4v) is 4.32. The number of halogens is 4. The third kappa shape index (κ3) is 8.88. The van der Waals surface area contributed by atoms with E-state index in [0.717, 1.165) is 6.07 Å². The van der Waals surface area contributed by atoms with E-state index in [9.17, 15) is 37.4 Å². The van der Waals surface area contributed by atoms with Crippen molar-refractivity contribution in [1.29, 1.82) is 0 Å². The Morgan fingerprint density at radius 2 is 1.79 bits per heavy atom. The molecule has 0 saturated heterocycles. The van der Waals surface area contributed by atoms with Crippen LogP contribution in [0.4, 0.5) is 17.6 Å².